The molecule has 0 fully saturated rings. The first-order valence-corrected chi connectivity index (χ1v) is 8.53. The Morgan fingerprint density at radius 1 is 1.25 bits per heavy atom. The Kier molecular flexibility index (Phi) is 3.83. The van der Waals surface area contributed by atoms with Gasteiger partial charge >= 0.3 is 0 Å². The monoisotopic (exact) mass is 339 g/mol. The van der Waals surface area contributed by atoms with E-state index in [1.165, 1.54) is 24.3 Å². The molecular weight excluding hydrogens is 326 g/mol. The third-order valence-electron chi connectivity index (χ3n) is 3.72. The number of nitrogens with zero attached hydrogens (tertiary/aromatic N) is 1. The zero-order valence-corrected chi connectivity index (χ0v) is 13.5. The van der Waals surface area contributed by atoms with Gasteiger partial charge in [0.25, 0.3) is 10.0 Å². The SMILES string of the molecule is Cc1ccc(NS(=O)(=O)c2cccc(C#N)c2)c2[nH]cc(C=O)c12. The second-order valence-corrected chi connectivity index (χ2v) is 6.97. The van der Waals surface area contributed by atoms with Crippen molar-refractivity contribution >= 4 is 32.9 Å². The van der Waals surface area contributed by atoms with Crippen molar-refractivity contribution in [1.82, 2.24) is 4.98 Å². The second kappa shape index (κ2) is 5.83. The first kappa shape index (κ1) is 15.8. The van der Waals surface area contributed by atoms with E-state index in [0.717, 1.165) is 11.8 Å². The molecule has 2 aromatic carbocycles. The molecule has 1 heterocycles. The van der Waals surface area contributed by atoms with E-state index in [1.54, 1.807) is 18.3 Å². The van der Waals surface area contributed by atoms with Crippen LogP contribution in [0.5, 0.6) is 0 Å². The van der Waals surface area contributed by atoms with Gasteiger partial charge in [0.2, 0.25) is 0 Å². The van der Waals surface area contributed by atoms with Gasteiger partial charge in [-0.2, -0.15) is 5.26 Å². The van der Waals surface area contributed by atoms with Crippen molar-refractivity contribution in [3.63, 3.8) is 0 Å². The van der Waals surface area contributed by atoms with Crippen molar-refractivity contribution in [2.24, 2.45) is 0 Å². The minimum absolute atomic E-state index is 0.00237. The third-order valence-corrected chi connectivity index (χ3v) is 5.08. The normalized spacial score (nSPS) is 11.2. The number of aromatic amines is 1. The second-order valence-electron chi connectivity index (χ2n) is 5.29. The average molecular weight is 339 g/mol. The minimum atomic E-state index is -3.86. The van der Waals surface area contributed by atoms with Crippen molar-refractivity contribution in [2.75, 3.05) is 4.72 Å². The molecule has 0 amide bonds. The Balaban J connectivity index is 2.09. The van der Waals surface area contributed by atoms with Crippen LogP contribution in [0.4, 0.5) is 5.69 Å². The predicted octanol–water partition coefficient (Wildman–Crippen LogP) is 2.96. The number of hydrogen-bond acceptors (Lipinski definition) is 4. The van der Waals surface area contributed by atoms with Crippen LogP contribution in [0.25, 0.3) is 10.9 Å². The molecule has 0 bridgehead atoms. The molecule has 120 valence electrons. The Morgan fingerprint density at radius 2 is 2.04 bits per heavy atom. The fourth-order valence-electron chi connectivity index (χ4n) is 2.57. The zero-order chi connectivity index (χ0) is 17.3. The molecule has 0 aliphatic rings. The average Bonchev–Trinajstić information content (AvgIpc) is 3.02. The summed E-state index contributed by atoms with van der Waals surface area (Å²) in [6.45, 7) is 1.85. The van der Waals surface area contributed by atoms with Gasteiger partial charge in [-0.25, -0.2) is 8.42 Å². The van der Waals surface area contributed by atoms with Gasteiger partial charge in [0.15, 0.2) is 6.29 Å². The maximum absolute atomic E-state index is 12.6. The quantitative estimate of drug-likeness (QED) is 0.713. The number of nitrogens with one attached hydrogen (secondary N) is 2. The number of aldehydes is 1. The van der Waals surface area contributed by atoms with Crippen LogP contribution in [-0.4, -0.2) is 19.7 Å². The molecule has 7 heteroatoms. The summed E-state index contributed by atoms with van der Waals surface area (Å²) in [7, 11) is -3.86. The first-order chi connectivity index (χ1) is 11.5. The van der Waals surface area contributed by atoms with Gasteiger partial charge in [-0.3, -0.25) is 9.52 Å². The van der Waals surface area contributed by atoms with Gasteiger partial charge in [0.05, 0.1) is 27.7 Å². The largest absolute Gasteiger partial charge is 0.359 e. The van der Waals surface area contributed by atoms with Gasteiger partial charge in [0.1, 0.15) is 0 Å². The van der Waals surface area contributed by atoms with Crippen LogP contribution < -0.4 is 4.72 Å². The van der Waals surface area contributed by atoms with Gasteiger partial charge in [-0.05, 0) is 36.8 Å². The van der Waals surface area contributed by atoms with Crippen LogP contribution in [0.1, 0.15) is 21.5 Å². The van der Waals surface area contributed by atoms with Crippen LogP contribution in [0, 0.1) is 18.3 Å². The number of carbonyl (C=O) groups is 1. The fourth-order valence-corrected chi connectivity index (χ4v) is 3.68. The highest BCUT2D eigenvalue weighted by Crippen LogP contribution is 2.29. The summed E-state index contributed by atoms with van der Waals surface area (Å²) in [5.74, 6) is 0. The minimum Gasteiger partial charge on any atom is -0.359 e. The lowest BCUT2D eigenvalue weighted by Crippen LogP contribution is -2.13. The van der Waals surface area contributed by atoms with Gasteiger partial charge in [-0.15, -0.1) is 0 Å². The number of benzene rings is 2. The van der Waals surface area contributed by atoms with Crippen LogP contribution in [0.15, 0.2) is 47.5 Å². The van der Waals surface area contributed by atoms with E-state index in [9.17, 15) is 13.2 Å². The fraction of sp³-hybridized carbons (Fsp3) is 0.0588. The molecule has 0 saturated heterocycles. The number of aryl methyl sites for hydroxylation is 1. The Bertz CT molecular complexity index is 1090. The summed E-state index contributed by atoms with van der Waals surface area (Å²) >= 11 is 0. The van der Waals surface area contributed by atoms with E-state index < -0.39 is 10.0 Å². The topological polar surface area (TPSA) is 103 Å². The number of carbonyl (C=O) groups excluding carboxylic acids is 1. The lowest BCUT2D eigenvalue weighted by atomic mass is 10.1. The van der Waals surface area contributed by atoms with E-state index in [4.69, 9.17) is 5.26 Å². The number of aromatic nitrogens is 1. The van der Waals surface area contributed by atoms with Crippen LogP contribution in [0.2, 0.25) is 0 Å². The molecule has 0 radical (unpaired) electrons. The van der Waals surface area contributed by atoms with Crippen LogP contribution in [-0.2, 0) is 10.0 Å². The van der Waals surface area contributed by atoms with Crippen LogP contribution >= 0.6 is 0 Å². The highest BCUT2D eigenvalue weighted by atomic mass is 32.2. The van der Waals surface area contributed by atoms with E-state index in [0.29, 0.717) is 22.2 Å². The molecule has 0 unspecified atom stereocenters. The van der Waals surface area contributed by atoms with E-state index >= 15 is 0 Å². The summed E-state index contributed by atoms with van der Waals surface area (Å²) in [6.07, 6.45) is 2.26. The summed E-state index contributed by atoms with van der Waals surface area (Å²) < 4.78 is 27.7. The number of sulfonamides is 1. The number of hydrogen-bond donors (Lipinski definition) is 2. The molecule has 6 nitrogen and oxygen atoms in total. The number of rotatable bonds is 4. The van der Waals surface area contributed by atoms with Gasteiger partial charge in [0, 0.05) is 17.1 Å². The number of H-pyrrole nitrogens is 1. The van der Waals surface area contributed by atoms with Gasteiger partial charge in [-0.1, -0.05) is 12.1 Å². The lowest BCUT2D eigenvalue weighted by molar-refractivity contribution is 0.112. The summed E-state index contributed by atoms with van der Waals surface area (Å²) in [4.78, 5) is 14.1. The van der Waals surface area contributed by atoms with E-state index in [2.05, 4.69) is 9.71 Å². The smallest absolute Gasteiger partial charge is 0.262 e. The molecule has 0 aliphatic carbocycles. The van der Waals surface area contributed by atoms with Crippen molar-refractivity contribution in [2.45, 2.75) is 11.8 Å². The number of fused-ring (bicyclic) bond motifs is 1. The van der Waals surface area contributed by atoms with Crippen molar-refractivity contribution in [3.8, 4) is 6.07 Å². The Labute approximate surface area is 138 Å². The summed E-state index contributed by atoms with van der Waals surface area (Å²) in [5, 5.41) is 9.59. The maximum Gasteiger partial charge on any atom is 0.262 e. The van der Waals surface area contributed by atoms with E-state index in [-0.39, 0.29) is 10.5 Å². The van der Waals surface area contributed by atoms with E-state index in [1.807, 2.05) is 13.0 Å². The highest BCUT2D eigenvalue weighted by Gasteiger charge is 2.18. The maximum atomic E-state index is 12.6. The van der Waals surface area contributed by atoms with Crippen molar-refractivity contribution in [3.05, 3.63) is 59.3 Å². The molecule has 24 heavy (non-hydrogen) atoms. The molecule has 3 aromatic rings. The molecule has 1 aromatic heterocycles. The summed E-state index contributed by atoms with van der Waals surface area (Å²) in [5.41, 5.74) is 2.47. The third kappa shape index (κ3) is 2.64. The molecule has 0 aliphatic heterocycles. The van der Waals surface area contributed by atoms with Crippen LogP contribution in [0.3, 0.4) is 0 Å². The molecule has 0 spiro atoms. The van der Waals surface area contributed by atoms with Crippen molar-refractivity contribution in [1.29, 1.82) is 5.26 Å². The predicted molar refractivity (Wildman–Crippen MR) is 90.4 cm³/mol. The zero-order valence-electron chi connectivity index (χ0n) is 12.7. The Morgan fingerprint density at radius 3 is 2.75 bits per heavy atom. The first-order valence-electron chi connectivity index (χ1n) is 7.05. The highest BCUT2D eigenvalue weighted by molar-refractivity contribution is 7.92. The number of nitriles is 1. The molecule has 0 atom stereocenters. The summed E-state index contributed by atoms with van der Waals surface area (Å²) in [6, 6.07) is 11.1. The molecule has 3 rings (SSSR count). The molecule has 0 saturated carbocycles. The van der Waals surface area contributed by atoms with Gasteiger partial charge < -0.3 is 4.98 Å². The Hall–Kier alpha value is -3.11. The molecule has 2 N–H and O–H groups in total. The van der Waals surface area contributed by atoms with Crippen molar-refractivity contribution < 1.29 is 13.2 Å². The standard InChI is InChI=1S/C17H13N3O3S/c1-11-5-6-15(17-16(11)13(10-21)9-19-17)20-24(22,23)14-4-2-3-12(7-14)8-18/h2-7,9-10,19-20H,1H3. The molecular formula is C17H13N3O3S. The lowest BCUT2D eigenvalue weighted by Gasteiger charge is -2.10. The number of anilines is 1.